The molecular weight excluding hydrogens is 366 g/mol. The lowest BCUT2D eigenvalue weighted by molar-refractivity contribution is 0.102. The van der Waals surface area contributed by atoms with E-state index < -0.39 is 10.0 Å². The van der Waals surface area contributed by atoms with Gasteiger partial charge in [0.05, 0.1) is 4.90 Å². The van der Waals surface area contributed by atoms with Crippen LogP contribution in [0.5, 0.6) is 0 Å². The third kappa shape index (κ3) is 5.24. The fraction of sp³-hybridized carbons (Fsp3) is 0.389. The predicted molar refractivity (Wildman–Crippen MR) is 105 cm³/mol. The third-order valence-corrected chi connectivity index (χ3v) is 5.99. The van der Waals surface area contributed by atoms with Crippen LogP contribution < -0.4 is 10.6 Å². The Bertz CT molecular complexity index is 848. The number of aromatic nitrogens is 2. The number of hydrogen-bond acceptors (Lipinski definition) is 6. The van der Waals surface area contributed by atoms with Crippen molar-refractivity contribution in [2.75, 3.05) is 30.3 Å². The Morgan fingerprint density at radius 2 is 1.56 bits per heavy atom. The normalized spacial score (nSPS) is 11.4. The smallest absolute Gasteiger partial charge is 0.256 e. The van der Waals surface area contributed by atoms with Crippen LogP contribution in [0, 0.1) is 0 Å². The molecule has 0 aliphatic carbocycles. The van der Waals surface area contributed by atoms with E-state index in [-0.39, 0.29) is 10.8 Å². The zero-order chi connectivity index (χ0) is 19.9. The van der Waals surface area contributed by atoms with Crippen LogP contribution in [0.3, 0.4) is 0 Å². The van der Waals surface area contributed by atoms with Crippen molar-refractivity contribution in [3.05, 3.63) is 42.0 Å². The van der Waals surface area contributed by atoms with Gasteiger partial charge in [-0.2, -0.15) is 4.31 Å². The van der Waals surface area contributed by atoms with E-state index in [0.717, 1.165) is 13.0 Å². The minimum atomic E-state index is -3.54. The average Bonchev–Trinajstić information content (AvgIpc) is 2.68. The van der Waals surface area contributed by atoms with Crippen LogP contribution in [0.1, 0.15) is 37.6 Å². The van der Waals surface area contributed by atoms with E-state index in [0.29, 0.717) is 30.3 Å². The minimum absolute atomic E-state index is 0.161. The molecule has 1 amide bonds. The van der Waals surface area contributed by atoms with Gasteiger partial charge in [-0.3, -0.25) is 4.79 Å². The number of nitrogens with zero attached hydrogens (tertiary/aromatic N) is 3. The molecule has 2 rings (SSSR count). The number of hydrogen-bond donors (Lipinski definition) is 2. The van der Waals surface area contributed by atoms with E-state index in [1.807, 2.05) is 6.92 Å². The van der Waals surface area contributed by atoms with E-state index in [1.54, 1.807) is 26.0 Å². The van der Waals surface area contributed by atoms with E-state index in [9.17, 15) is 13.2 Å². The molecule has 8 nitrogen and oxygen atoms in total. The molecule has 0 aliphatic rings. The van der Waals surface area contributed by atoms with Crippen LogP contribution in [0.4, 0.5) is 11.6 Å². The molecular formula is C18H25N5O3S. The summed E-state index contributed by atoms with van der Waals surface area (Å²) in [5.74, 6) is 0.577. The topological polar surface area (TPSA) is 104 Å². The van der Waals surface area contributed by atoms with Gasteiger partial charge < -0.3 is 10.6 Å². The highest BCUT2D eigenvalue weighted by atomic mass is 32.2. The van der Waals surface area contributed by atoms with Crippen molar-refractivity contribution in [2.24, 2.45) is 0 Å². The molecule has 0 unspecified atom stereocenters. The second-order valence-corrected chi connectivity index (χ2v) is 7.74. The fourth-order valence-corrected chi connectivity index (χ4v) is 3.88. The molecule has 0 fully saturated rings. The van der Waals surface area contributed by atoms with Crippen LogP contribution in [0.25, 0.3) is 0 Å². The average molecular weight is 391 g/mol. The summed E-state index contributed by atoms with van der Waals surface area (Å²) in [6.45, 7) is 7.20. The Kier molecular flexibility index (Phi) is 7.26. The monoisotopic (exact) mass is 391 g/mol. The number of carbonyl (C=O) groups is 1. The molecule has 0 saturated heterocycles. The van der Waals surface area contributed by atoms with Crippen molar-refractivity contribution in [1.82, 2.24) is 14.5 Å². The largest absolute Gasteiger partial charge is 0.369 e. The SMILES string of the molecule is CCCNc1ccc(NC(=O)c2ccc(S(=O)(=O)N(CC)CC)cc2)nn1. The standard InChI is InChI=1S/C18H25N5O3S/c1-4-13-19-16-11-12-17(22-21-16)20-18(24)14-7-9-15(10-8-14)27(25,26)23(5-2)6-3/h7-12H,4-6,13H2,1-3H3,(H,19,21)(H,20,22,24). The highest BCUT2D eigenvalue weighted by Crippen LogP contribution is 2.17. The van der Waals surface area contributed by atoms with Crippen LogP contribution in [0.2, 0.25) is 0 Å². The van der Waals surface area contributed by atoms with Gasteiger partial charge in [-0.1, -0.05) is 20.8 Å². The van der Waals surface area contributed by atoms with Gasteiger partial charge in [0.2, 0.25) is 10.0 Å². The van der Waals surface area contributed by atoms with Crippen LogP contribution >= 0.6 is 0 Å². The zero-order valence-corrected chi connectivity index (χ0v) is 16.6. The first-order valence-electron chi connectivity index (χ1n) is 8.91. The third-order valence-electron chi connectivity index (χ3n) is 3.92. The second kappa shape index (κ2) is 9.43. The van der Waals surface area contributed by atoms with Crippen molar-refractivity contribution >= 4 is 27.6 Å². The molecule has 0 aliphatic heterocycles. The molecule has 0 spiro atoms. The van der Waals surface area contributed by atoms with E-state index >= 15 is 0 Å². The summed E-state index contributed by atoms with van der Waals surface area (Å²) in [5.41, 5.74) is 0.337. The Morgan fingerprint density at radius 1 is 0.963 bits per heavy atom. The lowest BCUT2D eigenvalue weighted by Gasteiger charge is -2.18. The molecule has 0 saturated carbocycles. The maximum absolute atomic E-state index is 12.5. The molecule has 1 aromatic heterocycles. The van der Waals surface area contributed by atoms with Gasteiger partial charge in [0, 0.05) is 25.2 Å². The quantitative estimate of drug-likeness (QED) is 0.681. The number of rotatable bonds is 9. The summed E-state index contributed by atoms with van der Waals surface area (Å²) < 4.78 is 26.3. The number of benzene rings is 1. The molecule has 2 aromatic rings. The molecule has 0 radical (unpaired) electrons. The van der Waals surface area contributed by atoms with Gasteiger partial charge in [0.1, 0.15) is 5.82 Å². The van der Waals surface area contributed by atoms with Crippen LogP contribution in [-0.4, -0.2) is 48.5 Å². The number of nitrogens with one attached hydrogen (secondary N) is 2. The summed E-state index contributed by atoms with van der Waals surface area (Å²) in [5, 5.41) is 13.7. The van der Waals surface area contributed by atoms with Gasteiger partial charge in [0.15, 0.2) is 5.82 Å². The van der Waals surface area contributed by atoms with Gasteiger partial charge in [-0.15, -0.1) is 10.2 Å². The van der Waals surface area contributed by atoms with E-state index in [1.165, 1.54) is 28.6 Å². The molecule has 0 atom stereocenters. The molecule has 0 bridgehead atoms. The summed E-state index contributed by atoms with van der Waals surface area (Å²) in [6, 6.07) is 9.23. The molecule has 1 aromatic carbocycles. The fourth-order valence-electron chi connectivity index (χ4n) is 2.43. The first-order valence-corrected chi connectivity index (χ1v) is 10.4. The minimum Gasteiger partial charge on any atom is -0.369 e. The van der Waals surface area contributed by atoms with Gasteiger partial charge in [0.25, 0.3) is 5.91 Å². The molecule has 9 heteroatoms. The van der Waals surface area contributed by atoms with Crippen molar-refractivity contribution in [2.45, 2.75) is 32.1 Å². The van der Waals surface area contributed by atoms with E-state index in [2.05, 4.69) is 20.8 Å². The number of anilines is 2. The Labute approximate surface area is 160 Å². The first kappa shape index (κ1) is 20.8. The van der Waals surface area contributed by atoms with Crippen molar-refractivity contribution in [3.63, 3.8) is 0 Å². The maximum Gasteiger partial charge on any atom is 0.256 e. The summed E-state index contributed by atoms with van der Waals surface area (Å²) in [6.07, 6.45) is 0.972. The Hall–Kier alpha value is -2.52. The van der Waals surface area contributed by atoms with Gasteiger partial charge in [-0.05, 0) is 42.8 Å². The number of sulfonamides is 1. The maximum atomic E-state index is 12.5. The summed E-state index contributed by atoms with van der Waals surface area (Å²) in [4.78, 5) is 12.5. The van der Waals surface area contributed by atoms with Crippen molar-refractivity contribution < 1.29 is 13.2 Å². The highest BCUT2D eigenvalue weighted by Gasteiger charge is 2.21. The van der Waals surface area contributed by atoms with Crippen LogP contribution in [-0.2, 0) is 10.0 Å². The van der Waals surface area contributed by atoms with E-state index in [4.69, 9.17) is 0 Å². The lowest BCUT2D eigenvalue weighted by atomic mass is 10.2. The van der Waals surface area contributed by atoms with Gasteiger partial charge >= 0.3 is 0 Å². The molecule has 1 heterocycles. The molecule has 146 valence electrons. The summed E-state index contributed by atoms with van der Waals surface area (Å²) >= 11 is 0. The molecule has 2 N–H and O–H groups in total. The lowest BCUT2D eigenvalue weighted by Crippen LogP contribution is -2.30. The number of amides is 1. The first-order chi connectivity index (χ1) is 12.9. The van der Waals surface area contributed by atoms with Crippen molar-refractivity contribution in [3.8, 4) is 0 Å². The second-order valence-electron chi connectivity index (χ2n) is 5.80. The number of carbonyl (C=O) groups excluding carboxylic acids is 1. The molecule has 27 heavy (non-hydrogen) atoms. The van der Waals surface area contributed by atoms with Crippen molar-refractivity contribution in [1.29, 1.82) is 0 Å². The Morgan fingerprint density at radius 3 is 2.07 bits per heavy atom. The van der Waals surface area contributed by atoms with Gasteiger partial charge in [-0.25, -0.2) is 8.42 Å². The predicted octanol–water partition coefficient (Wildman–Crippen LogP) is 2.58. The van der Waals surface area contributed by atoms with Crippen LogP contribution in [0.15, 0.2) is 41.3 Å². The summed E-state index contributed by atoms with van der Waals surface area (Å²) in [7, 11) is -3.54. The Balaban J connectivity index is 2.07. The highest BCUT2D eigenvalue weighted by molar-refractivity contribution is 7.89. The zero-order valence-electron chi connectivity index (χ0n) is 15.8.